The van der Waals surface area contributed by atoms with Gasteiger partial charge in [-0.15, -0.1) is 0 Å². The van der Waals surface area contributed by atoms with Crippen molar-refractivity contribution in [1.82, 2.24) is 10.2 Å². The minimum absolute atomic E-state index is 0.181. The highest BCUT2D eigenvalue weighted by Gasteiger charge is 2.29. The van der Waals surface area contributed by atoms with E-state index >= 15 is 0 Å². The van der Waals surface area contributed by atoms with Gasteiger partial charge in [-0.1, -0.05) is 60.7 Å². The Kier molecular flexibility index (Phi) is 11.6. The molecule has 0 bridgehead atoms. The molecule has 0 spiro atoms. The van der Waals surface area contributed by atoms with Gasteiger partial charge in [0.15, 0.2) is 0 Å². The Labute approximate surface area is 212 Å². The maximum Gasteiger partial charge on any atom is 0.408 e. The molecule has 0 fully saturated rings. The summed E-state index contributed by atoms with van der Waals surface area (Å²) in [4.78, 5) is 39.8. The summed E-state index contributed by atoms with van der Waals surface area (Å²) < 4.78 is 10.5. The van der Waals surface area contributed by atoms with E-state index in [2.05, 4.69) is 17.4 Å². The number of carbonyl (C=O) groups excluding carboxylic acids is 3. The van der Waals surface area contributed by atoms with Crippen LogP contribution in [0.1, 0.15) is 38.8 Å². The lowest BCUT2D eigenvalue weighted by Gasteiger charge is -2.28. The fraction of sp³-hybridized carbons (Fsp3) is 0.444. The lowest BCUT2D eigenvalue weighted by molar-refractivity contribution is -0.149. The molecule has 0 aliphatic heterocycles. The largest absolute Gasteiger partial charge is 0.465 e. The van der Waals surface area contributed by atoms with Gasteiger partial charge in [0.1, 0.15) is 18.2 Å². The summed E-state index contributed by atoms with van der Waals surface area (Å²) in [7, 11) is 0. The summed E-state index contributed by atoms with van der Waals surface area (Å²) in [6.45, 7) is 7.40. The van der Waals surface area contributed by atoms with Crippen LogP contribution in [-0.2, 0) is 31.2 Å². The van der Waals surface area contributed by atoms with Gasteiger partial charge in [-0.25, -0.2) is 4.79 Å². The molecule has 0 heterocycles. The molecule has 35 heavy (non-hydrogen) atoms. The highest BCUT2D eigenvalue weighted by molar-refractivity contribution is 7.98. The van der Waals surface area contributed by atoms with Crippen molar-refractivity contribution in [3.8, 4) is 0 Å². The predicted octanol–water partition coefficient (Wildman–Crippen LogP) is 4.45. The molecule has 0 saturated heterocycles. The molecule has 8 heteroatoms. The number of amides is 2. The van der Waals surface area contributed by atoms with Gasteiger partial charge in [0.05, 0.1) is 6.61 Å². The first-order chi connectivity index (χ1) is 16.7. The van der Waals surface area contributed by atoms with Crippen LogP contribution in [0.15, 0.2) is 60.7 Å². The number of nitrogens with zero attached hydrogens (tertiary/aromatic N) is 1. The third-order valence-corrected chi connectivity index (χ3v) is 5.83. The number of hydrogen-bond acceptors (Lipinski definition) is 6. The number of ether oxygens (including phenoxy) is 2. The Balaban J connectivity index is 2.13. The monoisotopic (exact) mass is 500 g/mol. The van der Waals surface area contributed by atoms with Crippen molar-refractivity contribution in [2.45, 2.75) is 51.5 Å². The first kappa shape index (κ1) is 28.2. The second-order valence-electron chi connectivity index (χ2n) is 8.99. The minimum Gasteiger partial charge on any atom is -0.465 e. The molecule has 1 N–H and O–H groups in total. The zero-order valence-electron chi connectivity index (χ0n) is 21.0. The molecule has 2 aromatic rings. The zero-order chi connectivity index (χ0) is 25.7. The van der Waals surface area contributed by atoms with Gasteiger partial charge in [-0.3, -0.25) is 9.59 Å². The molecule has 0 aromatic heterocycles. The maximum atomic E-state index is 13.6. The van der Waals surface area contributed by atoms with E-state index in [0.29, 0.717) is 12.3 Å². The average Bonchev–Trinajstić information content (AvgIpc) is 2.80. The molecule has 1 unspecified atom stereocenters. The molecule has 0 saturated carbocycles. The zero-order valence-corrected chi connectivity index (χ0v) is 21.8. The molecule has 0 aliphatic rings. The van der Waals surface area contributed by atoms with Crippen molar-refractivity contribution in [2.75, 3.05) is 25.4 Å². The Hall–Kier alpha value is -3.00. The van der Waals surface area contributed by atoms with Gasteiger partial charge >= 0.3 is 12.1 Å². The van der Waals surface area contributed by atoms with E-state index < -0.39 is 23.7 Å². The van der Waals surface area contributed by atoms with E-state index in [-0.39, 0.29) is 25.5 Å². The van der Waals surface area contributed by atoms with Gasteiger partial charge < -0.3 is 19.7 Å². The van der Waals surface area contributed by atoms with Gasteiger partial charge in [0, 0.05) is 24.5 Å². The molecule has 2 amide bonds. The van der Waals surface area contributed by atoms with Crippen LogP contribution in [0.2, 0.25) is 0 Å². The Bertz CT molecular complexity index is 932. The van der Waals surface area contributed by atoms with Crippen molar-refractivity contribution in [2.24, 2.45) is 0 Å². The number of rotatable bonds is 12. The molecule has 0 radical (unpaired) electrons. The third kappa shape index (κ3) is 11.3. The van der Waals surface area contributed by atoms with Gasteiger partial charge in [-0.2, -0.15) is 11.8 Å². The smallest absolute Gasteiger partial charge is 0.408 e. The van der Waals surface area contributed by atoms with Crippen LogP contribution in [0.3, 0.4) is 0 Å². The standard InChI is InChI=1S/C27H36N2O5S/c1-5-33-24(30)19-29(16-17-35-20-22-14-10-7-11-15-22)25(31)23(18-21-12-8-6-9-13-21)28-26(32)34-27(2,3)4/h6-15,23H,5,16-20H2,1-4H3,(H,28,32). The number of hydrogen-bond donors (Lipinski definition) is 1. The molecular weight excluding hydrogens is 464 g/mol. The number of carbonyl (C=O) groups is 3. The van der Waals surface area contributed by atoms with Crippen molar-refractivity contribution >= 4 is 29.7 Å². The van der Waals surface area contributed by atoms with Crippen LogP contribution in [-0.4, -0.2) is 60.0 Å². The minimum atomic E-state index is -0.888. The second-order valence-corrected chi connectivity index (χ2v) is 10.1. The van der Waals surface area contributed by atoms with Crippen LogP contribution >= 0.6 is 11.8 Å². The fourth-order valence-electron chi connectivity index (χ4n) is 3.29. The van der Waals surface area contributed by atoms with E-state index in [1.165, 1.54) is 10.5 Å². The first-order valence-electron chi connectivity index (χ1n) is 11.8. The number of esters is 1. The Morgan fingerprint density at radius 2 is 1.57 bits per heavy atom. The van der Waals surface area contributed by atoms with E-state index in [1.54, 1.807) is 39.5 Å². The van der Waals surface area contributed by atoms with Gasteiger partial charge in [0.2, 0.25) is 5.91 Å². The van der Waals surface area contributed by atoms with Crippen LogP contribution in [0, 0.1) is 0 Å². The van der Waals surface area contributed by atoms with E-state index in [1.807, 2.05) is 48.5 Å². The lowest BCUT2D eigenvalue weighted by atomic mass is 10.0. The van der Waals surface area contributed by atoms with Crippen molar-refractivity contribution in [3.05, 3.63) is 71.8 Å². The lowest BCUT2D eigenvalue weighted by Crippen LogP contribution is -2.52. The summed E-state index contributed by atoms with van der Waals surface area (Å²) >= 11 is 1.67. The SMILES string of the molecule is CCOC(=O)CN(CCSCc1ccccc1)C(=O)C(Cc1ccccc1)NC(=O)OC(C)(C)C. The highest BCUT2D eigenvalue weighted by Crippen LogP contribution is 2.14. The maximum absolute atomic E-state index is 13.6. The van der Waals surface area contributed by atoms with Crippen LogP contribution in [0.4, 0.5) is 4.79 Å². The molecule has 2 aromatic carbocycles. The quantitative estimate of drug-likeness (QED) is 0.342. The summed E-state index contributed by atoms with van der Waals surface area (Å²) in [6, 6.07) is 18.6. The number of thioether (sulfide) groups is 1. The normalized spacial score (nSPS) is 11.9. The van der Waals surface area contributed by atoms with E-state index in [0.717, 1.165) is 11.3 Å². The Morgan fingerprint density at radius 3 is 2.14 bits per heavy atom. The molecule has 190 valence electrons. The summed E-state index contributed by atoms with van der Waals surface area (Å²) in [6.07, 6.45) is -0.406. The van der Waals surface area contributed by atoms with Crippen molar-refractivity contribution in [1.29, 1.82) is 0 Å². The molecule has 2 rings (SSSR count). The van der Waals surface area contributed by atoms with Crippen LogP contribution < -0.4 is 5.32 Å². The number of nitrogens with one attached hydrogen (secondary N) is 1. The van der Waals surface area contributed by atoms with Gasteiger partial charge in [-0.05, 0) is 38.8 Å². The summed E-state index contributed by atoms with van der Waals surface area (Å²) in [5.74, 6) is 0.592. The average molecular weight is 501 g/mol. The summed E-state index contributed by atoms with van der Waals surface area (Å²) in [5, 5.41) is 2.71. The van der Waals surface area contributed by atoms with Crippen molar-refractivity contribution < 1.29 is 23.9 Å². The molecule has 7 nitrogen and oxygen atoms in total. The third-order valence-electron chi connectivity index (χ3n) is 4.83. The number of alkyl carbamates (subject to hydrolysis) is 1. The molecule has 1 atom stereocenters. The van der Waals surface area contributed by atoms with Crippen LogP contribution in [0.5, 0.6) is 0 Å². The molecule has 0 aliphatic carbocycles. The van der Waals surface area contributed by atoms with E-state index in [4.69, 9.17) is 9.47 Å². The van der Waals surface area contributed by atoms with E-state index in [9.17, 15) is 14.4 Å². The topological polar surface area (TPSA) is 84.9 Å². The van der Waals surface area contributed by atoms with Gasteiger partial charge in [0.25, 0.3) is 0 Å². The molecular formula is C27H36N2O5S. The Morgan fingerprint density at radius 1 is 0.971 bits per heavy atom. The van der Waals surface area contributed by atoms with Crippen LogP contribution in [0.25, 0.3) is 0 Å². The fourth-order valence-corrected chi connectivity index (χ4v) is 4.21. The second kappa shape index (κ2) is 14.4. The predicted molar refractivity (Wildman–Crippen MR) is 139 cm³/mol. The first-order valence-corrected chi connectivity index (χ1v) is 12.9. The van der Waals surface area contributed by atoms with Crippen molar-refractivity contribution in [3.63, 3.8) is 0 Å². The highest BCUT2D eigenvalue weighted by atomic mass is 32.2. The number of benzene rings is 2. The summed E-state index contributed by atoms with van der Waals surface area (Å²) in [5.41, 5.74) is 1.37.